The fourth-order valence-corrected chi connectivity index (χ4v) is 3.60. The quantitative estimate of drug-likeness (QED) is 0.822. The number of rotatable bonds is 5. The number of amides is 2. The summed E-state index contributed by atoms with van der Waals surface area (Å²) in [5.74, 6) is 0.107. The van der Waals surface area contributed by atoms with E-state index in [0.717, 1.165) is 25.9 Å². The van der Waals surface area contributed by atoms with Gasteiger partial charge in [0.25, 0.3) is 0 Å². The lowest BCUT2D eigenvalue weighted by Crippen LogP contribution is -2.43. The molecule has 1 aliphatic carbocycles. The van der Waals surface area contributed by atoms with Gasteiger partial charge < -0.3 is 10.2 Å². The molecule has 5 heteroatoms. The third kappa shape index (κ3) is 3.57. The third-order valence-corrected chi connectivity index (χ3v) is 5.16. The minimum atomic E-state index is -0.128. The van der Waals surface area contributed by atoms with E-state index in [1.54, 1.807) is 0 Å². The van der Waals surface area contributed by atoms with E-state index in [9.17, 15) is 9.59 Å². The minimum Gasteiger partial charge on any atom is -0.355 e. The highest BCUT2D eigenvalue weighted by molar-refractivity contribution is 5.89. The summed E-state index contributed by atoms with van der Waals surface area (Å²) in [5.41, 5.74) is 0. The van der Waals surface area contributed by atoms with Gasteiger partial charge in [0.05, 0.1) is 5.92 Å². The van der Waals surface area contributed by atoms with E-state index in [1.807, 2.05) is 4.90 Å². The van der Waals surface area contributed by atoms with Gasteiger partial charge in [-0.3, -0.25) is 14.5 Å². The Morgan fingerprint density at radius 2 is 2.10 bits per heavy atom. The molecule has 0 aromatic rings. The predicted octanol–water partition coefficient (Wildman–Crippen LogP) is 0.988. The van der Waals surface area contributed by atoms with Crippen LogP contribution in [0.1, 0.15) is 45.4 Å². The first-order chi connectivity index (χ1) is 10.1. The Kier molecular flexibility index (Phi) is 4.48. The molecule has 2 aliphatic heterocycles. The molecule has 3 rings (SSSR count). The Balaban J connectivity index is 1.39. The van der Waals surface area contributed by atoms with Gasteiger partial charge in [-0.2, -0.15) is 0 Å². The molecular formula is C16H27N3O2. The zero-order chi connectivity index (χ0) is 14.8. The lowest BCUT2D eigenvalue weighted by molar-refractivity contribution is -0.129. The Morgan fingerprint density at radius 1 is 1.29 bits per heavy atom. The molecule has 1 N–H and O–H groups in total. The number of carbonyl (C=O) groups is 2. The number of likely N-dealkylation sites (tertiary alicyclic amines) is 2. The Morgan fingerprint density at radius 3 is 2.81 bits per heavy atom. The summed E-state index contributed by atoms with van der Waals surface area (Å²) >= 11 is 0. The van der Waals surface area contributed by atoms with E-state index in [1.165, 1.54) is 19.3 Å². The van der Waals surface area contributed by atoms with Gasteiger partial charge in [-0.25, -0.2) is 0 Å². The van der Waals surface area contributed by atoms with Crippen molar-refractivity contribution in [3.63, 3.8) is 0 Å². The molecule has 2 saturated heterocycles. The van der Waals surface area contributed by atoms with Crippen LogP contribution in [0, 0.1) is 5.92 Å². The van der Waals surface area contributed by atoms with Crippen molar-refractivity contribution in [3.05, 3.63) is 0 Å². The van der Waals surface area contributed by atoms with Crippen LogP contribution in [0.4, 0.5) is 0 Å². The van der Waals surface area contributed by atoms with Gasteiger partial charge in [0.15, 0.2) is 0 Å². The Hall–Kier alpha value is -1.10. The van der Waals surface area contributed by atoms with Crippen LogP contribution in [0.15, 0.2) is 0 Å². The van der Waals surface area contributed by atoms with Crippen molar-refractivity contribution in [2.75, 3.05) is 26.2 Å². The van der Waals surface area contributed by atoms with Crippen molar-refractivity contribution in [2.24, 2.45) is 5.92 Å². The molecule has 118 valence electrons. The molecule has 0 aromatic carbocycles. The second-order valence-electron chi connectivity index (χ2n) is 6.85. The van der Waals surface area contributed by atoms with Crippen molar-refractivity contribution in [2.45, 2.75) is 57.5 Å². The van der Waals surface area contributed by atoms with Gasteiger partial charge >= 0.3 is 0 Å². The predicted molar refractivity (Wildman–Crippen MR) is 80.7 cm³/mol. The smallest absolute Gasteiger partial charge is 0.225 e. The monoisotopic (exact) mass is 293 g/mol. The topological polar surface area (TPSA) is 52.7 Å². The van der Waals surface area contributed by atoms with Crippen molar-refractivity contribution < 1.29 is 9.59 Å². The molecule has 2 heterocycles. The molecule has 2 atom stereocenters. The number of hydrogen-bond acceptors (Lipinski definition) is 3. The molecule has 0 unspecified atom stereocenters. The fraction of sp³-hybridized carbons (Fsp3) is 0.875. The molecule has 0 bridgehead atoms. The van der Waals surface area contributed by atoms with E-state index in [4.69, 9.17) is 0 Å². The maximum Gasteiger partial charge on any atom is 0.225 e. The van der Waals surface area contributed by atoms with Crippen molar-refractivity contribution >= 4 is 11.8 Å². The summed E-state index contributed by atoms with van der Waals surface area (Å²) < 4.78 is 0. The van der Waals surface area contributed by atoms with Gasteiger partial charge in [0, 0.05) is 38.1 Å². The van der Waals surface area contributed by atoms with E-state index in [2.05, 4.69) is 17.1 Å². The number of hydrogen-bond donors (Lipinski definition) is 1. The van der Waals surface area contributed by atoms with E-state index in [0.29, 0.717) is 31.6 Å². The highest BCUT2D eigenvalue weighted by atomic mass is 16.2. The van der Waals surface area contributed by atoms with Crippen LogP contribution >= 0.6 is 0 Å². The molecule has 0 radical (unpaired) electrons. The summed E-state index contributed by atoms with van der Waals surface area (Å²) in [6.07, 6.45) is 6.50. The van der Waals surface area contributed by atoms with E-state index in [-0.39, 0.29) is 17.7 Å². The van der Waals surface area contributed by atoms with Crippen LogP contribution in [0.25, 0.3) is 0 Å². The van der Waals surface area contributed by atoms with Gasteiger partial charge in [0.2, 0.25) is 11.8 Å². The molecule has 3 aliphatic rings. The van der Waals surface area contributed by atoms with Crippen LogP contribution < -0.4 is 5.32 Å². The van der Waals surface area contributed by atoms with Gasteiger partial charge in [-0.05, 0) is 39.2 Å². The summed E-state index contributed by atoms with van der Waals surface area (Å²) in [5, 5.41) is 3.03. The van der Waals surface area contributed by atoms with E-state index >= 15 is 0 Å². The largest absolute Gasteiger partial charge is 0.355 e. The lowest BCUT2D eigenvalue weighted by Gasteiger charge is -2.33. The van der Waals surface area contributed by atoms with Gasteiger partial charge in [-0.15, -0.1) is 0 Å². The molecule has 2 amide bonds. The summed E-state index contributed by atoms with van der Waals surface area (Å²) in [4.78, 5) is 28.4. The highest BCUT2D eigenvalue weighted by Crippen LogP contribution is 2.32. The molecular weight excluding hydrogens is 266 g/mol. The third-order valence-electron chi connectivity index (χ3n) is 5.16. The number of nitrogens with zero attached hydrogens (tertiary/aromatic N) is 2. The second kappa shape index (κ2) is 6.34. The van der Waals surface area contributed by atoms with Crippen LogP contribution in [0.5, 0.6) is 0 Å². The van der Waals surface area contributed by atoms with Crippen LogP contribution in [-0.4, -0.2) is 59.9 Å². The van der Waals surface area contributed by atoms with Gasteiger partial charge in [0.1, 0.15) is 0 Å². The standard InChI is InChI=1S/C16H27N3O2/c1-12-4-2-3-8-18(12)9-7-17-16(21)13-10-15(20)19(11-13)14-5-6-14/h12-14H,2-11H2,1H3,(H,17,21)/t12-,13-/m1/s1. The molecule has 1 saturated carbocycles. The molecule has 0 spiro atoms. The Bertz CT molecular complexity index is 408. The first kappa shape index (κ1) is 14.8. The summed E-state index contributed by atoms with van der Waals surface area (Å²) in [6, 6.07) is 1.07. The number of nitrogens with one attached hydrogen (secondary N) is 1. The van der Waals surface area contributed by atoms with E-state index < -0.39 is 0 Å². The maximum absolute atomic E-state index is 12.2. The molecule has 5 nitrogen and oxygen atoms in total. The average molecular weight is 293 g/mol. The van der Waals surface area contributed by atoms with Crippen molar-refractivity contribution in [3.8, 4) is 0 Å². The zero-order valence-electron chi connectivity index (χ0n) is 13.0. The Labute approximate surface area is 127 Å². The van der Waals surface area contributed by atoms with Gasteiger partial charge in [-0.1, -0.05) is 6.42 Å². The summed E-state index contributed by atoms with van der Waals surface area (Å²) in [7, 11) is 0. The first-order valence-corrected chi connectivity index (χ1v) is 8.46. The van der Waals surface area contributed by atoms with Crippen molar-refractivity contribution in [1.29, 1.82) is 0 Å². The van der Waals surface area contributed by atoms with Crippen LogP contribution in [0.3, 0.4) is 0 Å². The molecule has 0 aromatic heterocycles. The lowest BCUT2D eigenvalue weighted by atomic mass is 10.0. The normalized spacial score (nSPS) is 30.7. The second-order valence-corrected chi connectivity index (χ2v) is 6.85. The molecule has 3 fully saturated rings. The van der Waals surface area contributed by atoms with Crippen molar-refractivity contribution in [1.82, 2.24) is 15.1 Å². The number of carbonyl (C=O) groups excluding carboxylic acids is 2. The molecule has 21 heavy (non-hydrogen) atoms. The zero-order valence-corrected chi connectivity index (χ0v) is 13.0. The summed E-state index contributed by atoms with van der Waals surface area (Å²) in [6.45, 7) is 5.69. The average Bonchev–Trinajstić information content (AvgIpc) is 3.23. The van der Waals surface area contributed by atoms with Crippen LogP contribution in [-0.2, 0) is 9.59 Å². The maximum atomic E-state index is 12.2. The SMILES string of the molecule is C[C@@H]1CCCCN1CCNC(=O)[C@@H]1CC(=O)N(C2CC2)C1. The fourth-order valence-electron chi connectivity index (χ4n) is 3.60. The highest BCUT2D eigenvalue weighted by Gasteiger charge is 2.41. The van der Waals surface area contributed by atoms with Crippen LogP contribution in [0.2, 0.25) is 0 Å². The first-order valence-electron chi connectivity index (χ1n) is 8.46. The minimum absolute atomic E-state index is 0.0659. The number of piperidine rings is 1.